The first-order valence-corrected chi connectivity index (χ1v) is 6.81. The molecule has 1 heterocycles. The summed E-state index contributed by atoms with van der Waals surface area (Å²) in [5, 5.41) is 9.96. The van der Waals surface area contributed by atoms with Crippen LogP contribution < -0.4 is 4.90 Å². The summed E-state index contributed by atoms with van der Waals surface area (Å²) in [6, 6.07) is 6.60. The first-order chi connectivity index (χ1) is 8.70. The zero-order valence-corrected chi connectivity index (χ0v) is 11.4. The van der Waals surface area contributed by atoms with Crippen LogP contribution in [0.3, 0.4) is 0 Å². The second-order valence-electron chi connectivity index (χ2n) is 5.00. The van der Waals surface area contributed by atoms with Crippen molar-refractivity contribution in [1.29, 1.82) is 0 Å². The molecule has 0 saturated heterocycles. The summed E-state index contributed by atoms with van der Waals surface area (Å²) in [6.45, 7) is 6.84. The molecule has 1 N–H and O–H groups in total. The van der Waals surface area contributed by atoms with Crippen LogP contribution in [0.4, 0.5) is 5.69 Å². The fourth-order valence-corrected chi connectivity index (χ4v) is 2.51. The lowest BCUT2D eigenvalue weighted by Gasteiger charge is -2.33. The van der Waals surface area contributed by atoms with Crippen LogP contribution in [0.25, 0.3) is 0 Å². The summed E-state index contributed by atoms with van der Waals surface area (Å²) >= 11 is 0. The van der Waals surface area contributed by atoms with Gasteiger partial charge in [0, 0.05) is 25.4 Å². The van der Waals surface area contributed by atoms with E-state index in [1.54, 1.807) is 0 Å². The maximum atomic E-state index is 9.96. The fraction of sp³-hybridized carbons (Fsp3) is 0.600. The Morgan fingerprint density at radius 1 is 1.44 bits per heavy atom. The fourth-order valence-electron chi connectivity index (χ4n) is 2.51. The monoisotopic (exact) mass is 249 g/mol. The normalized spacial score (nSPS) is 16.5. The van der Waals surface area contributed by atoms with Crippen LogP contribution in [0, 0.1) is 6.92 Å². The molecule has 18 heavy (non-hydrogen) atoms. The second-order valence-corrected chi connectivity index (χ2v) is 5.00. The molecule has 0 aliphatic carbocycles. The lowest BCUT2D eigenvalue weighted by molar-refractivity contribution is 0.0462. The number of hydrogen-bond acceptors (Lipinski definition) is 3. The molecule has 100 valence electrons. The molecule has 0 fully saturated rings. The molecule has 0 amide bonds. The molecule has 1 aliphatic rings. The Morgan fingerprint density at radius 2 is 2.28 bits per heavy atom. The summed E-state index contributed by atoms with van der Waals surface area (Å²) in [5.74, 6) is 0. The SMILES string of the molecule is CCOC[C@H](O)CN1CCCc2ccc(C)cc21. The van der Waals surface area contributed by atoms with E-state index < -0.39 is 6.10 Å². The van der Waals surface area contributed by atoms with Gasteiger partial charge in [-0.05, 0) is 43.9 Å². The van der Waals surface area contributed by atoms with Crippen molar-refractivity contribution in [3.05, 3.63) is 29.3 Å². The zero-order valence-electron chi connectivity index (χ0n) is 11.4. The Morgan fingerprint density at radius 3 is 3.06 bits per heavy atom. The van der Waals surface area contributed by atoms with Gasteiger partial charge >= 0.3 is 0 Å². The molecule has 1 aromatic rings. The van der Waals surface area contributed by atoms with Crippen molar-refractivity contribution in [3.63, 3.8) is 0 Å². The maximum absolute atomic E-state index is 9.96. The lowest BCUT2D eigenvalue weighted by Crippen LogP contribution is -2.38. The number of aliphatic hydroxyl groups excluding tert-OH is 1. The number of nitrogens with zero attached hydrogens (tertiary/aromatic N) is 1. The van der Waals surface area contributed by atoms with Gasteiger partial charge in [-0.2, -0.15) is 0 Å². The van der Waals surface area contributed by atoms with Gasteiger partial charge in [-0.15, -0.1) is 0 Å². The molecule has 0 radical (unpaired) electrons. The molecule has 0 saturated carbocycles. The smallest absolute Gasteiger partial charge is 0.0947 e. The molecule has 0 spiro atoms. The number of benzene rings is 1. The zero-order chi connectivity index (χ0) is 13.0. The molecular formula is C15H23NO2. The third kappa shape index (κ3) is 3.24. The number of aryl methyl sites for hydroxylation is 2. The van der Waals surface area contributed by atoms with Crippen LogP contribution in [0.1, 0.15) is 24.5 Å². The van der Waals surface area contributed by atoms with Gasteiger partial charge in [0.1, 0.15) is 0 Å². The van der Waals surface area contributed by atoms with Crippen LogP contribution in [0.5, 0.6) is 0 Å². The summed E-state index contributed by atoms with van der Waals surface area (Å²) in [6.07, 6.45) is 1.90. The summed E-state index contributed by atoms with van der Waals surface area (Å²) in [4.78, 5) is 2.29. The minimum Gasteiger partial charge on any atom is -0.389 e. The molecule has 1 aliphatic heterocycles. The first kappa shape index (κ1) is 13.4. The Kier molecular flexibility index (Phi) is 4.61. The quantitative estimate of drug-likeness (QED) is 0.868. The molecule has 3 heteroatoms. The predicted molar refractivity (Wildman–Crippen MR) is 74.2 cm³/mol. The Balaban J connectivity index is 2.05. The van der Waals surface area contributed by atoms with Crippen molar-refractivity contribution in [2.75, 3.05) is 31.2 Å². The molecule has 1 atom stereocenters. The highest BCUT2D eigenvalue weighted by Gasteiger charge is 2.19. The van der Waals surface area contributed by atoms with E-state index in [4.69, 9.17) is 4.74 Å². The average molecular weight is 249 g/mol. The number of rotatable bonds is 5. The highest BCUT2D eigenvalue weighted by atomic mass is 16.5. The van der Waals surface area contributed by atoms with Gasteiger partial charge in [0.2, 0.25) is 0 Å². The van der Waals surface area contributed by atoms with E-state index in [0.717, 1.165) is 19.4 Å². The van der Waals surface area contributed by atoms with Crippen LogP contribution in [0.2, 0.25) is 0 Å². The molecule has 1 aromatic carbocycles. The predicted octanol–water partition coefficient (Wildman–Crippen LogP) is 2.15. The second kappa shape index (κ2) is 6.21. The van der Waals surface area contributed by atoms with Crippen molar-refractivity contribution in [3.8, 4) is 0 Å². The molecular weight excluding hydrogens is 226 g/mol. The van der Waals surface area contributed by atoms with Gasteiger partial charge in [0.05, 0.1) is 12.7 Å². The maximum Gasteiger partial charge on any atom is 0.0947 e. The number of hydrogen-bond donors (Lipinski definition) is 1. The molecule has 3 nitrogen and oxygen atoms in total. The van der Waals surface area contributed by atoms with E-state index in [1.807, 2.05) is 6.92 Å². The minimum atomic E-state index is -0.406. The average Bonchev–Trinajstić information content (AvgIpc) is 2.37. The van der Waals surface area contributed by atoms with Gasteiger partial charge in [-0.1, -0.05) is 12.1 Å². The molecule has 0 bridgehead atoms. The van der Waals surface area contributed by atoms with E-state index in [9.17, 15) is 5.11 Å². The number of anilines is 1. The van der Waals surface area contributed by atoms with Crippen molar-refractivity contribution >= 4 is 5.69 Å². The lowest BCUT2D eigenvalue weighted by atomic mass is 9.99. The van der Waals surface area contributed by atoms with Crippen LogP contribution in [-0.4, -0.2) is 37.5 Å². The van der Waals surface area contributed by atoms with Gasteiger partial charge in [-0.3, -0.25) is 0 Å². The van der Waals surface area contributed by atoms with Crippen LogP contribution >= 0.6 is 0 Å². The van der Waals surface area contributed by atoms with Gasteiger partial charge < -0.3 is 14.7 Å². The number of ether oxygens (including phenoxy) is 1. The van der Waals surface area contributed by atoms with E-state index in [0.29, 0.717) is 19.8 Å². The van der Waals surface area contributed by atoms with Crippen LogP contribution in [-0.2, 0) is 11.2 Å². The number of aliphatic hydroxyl groups is 1. The first-order valence-electron chi connectivity index (χ1n) is 6.81. The van der Waals surface area contributed by atoms with Gasteiger partial charge in [0.25, 0.3) is 0 Å². The molecule has 0 aromatic heterocycles. The Hall–Kier alpha value is -1.06. The highest BCUT2D eigenvalue weighted by molar-refractivity contribution is 5.57. The topological polar surface area (TPSA) is 32.7 Å². The van der Waals surface area contributed by atoms with Gasteiger partial charge in [0.15, 0.2) is 0 Å². The van der Waals surface area contributed by atoms with E-state index >= 15 is 0 Å². The highest BCUT2D eigenvalue weighted by Crippen LogP contribution is 2.28. The standard InChI is InChI=1S/C15H23NO2/c1-3-18-11-14(17)10-16-8-4-5-13-7-6-12(2)9-15(13)16/h6-7,9,14,17H,3-5,8,10-11H2,1-2H3/t14-/m1/s1. The minimum absolute atomic E-state index is 0.406. The molecule has 2 rings (SSSR count). The van der Waals surface area contributed by atoms with Crippen molar-refractivity contribution in [2.45, 2.75) is 32.8 Å². The van der Waals surface area contributed by atoms with E-state index in [1.165, 1.54) is 16.8 Å². The van der Waals surface area contributed by atoms with Gasteiger partial charge in [-0.25, -0.2) is 0 Å². The summed E-state index contributed by atoms with van der Waals surface area (Å²) < 4.78 is 5.27. The Labute approximate surface area is 109 Å². The number of fused-ring (bicyclic) bond motifs is 1. The van der Waals surface area contributed by atoms with Crippen molar-refractivity contribution in [2.24, 2.45) is 0 Å². The third-order valence-corrected chi connectivity index (χ3v) is 3.40. The third-order valence-electron chi connectivity index (χ3n) is 3.40. The van der Waals surface area contributed by atoms with Crippen molar-refractivity contribution in [1.82, 2.24) is 0 Å². The number of β-amino-alcohol motifs (C(OH)–C–C–N with tert-alkyl or cyclic N) is 1. The summed E-state index contributed by atoms with van der Waals surface area (Å²) in [5.41, 5.74) is 3.97. The Bertz CT molecular complexity index is 392. The van der Waals surface area contributed by atoms with Crippen molar-refractivity contribution < 1.29 is 9.84 Å². The largest absolute Gasteiger partial charge is 0.389 e. The van der Waals surface area contributed by atoms with E-state index in [-0.39, 0.29) is 0 Å². The van der Waals surface area contributed by atoms with E-state index in [2.05, 4.69) is 30.0 Å². The molecule has 0 unspecified atom stereocenters. The van der Waals surface area contributed by atoms with Crippen LogP contribution in [0.15, 0.2) is 18.2 Å². The summed E-state index contributed by atoms with van der Waals surface area (Å²) in [7, 11) is 0.